The first-order valence-electron chi connectivity index (χ1n) is 7.13. The van der Waals surface area contributed by atoms with Crippen molar-refractivity contribution in [2.75, 3.05) is 6.54 Å². The van der Waals surface area contributed by atoms with Crippen molar-refractivity contribution in [1.82, 2.24) is 9.88 Å². The van der Waals surface area contributed by atoms with Crippen LogP contribution in [0.3, 0.4) is 0 Å². The number of nitrogens with two attached hydrogens (primary N) is 1. The van der Waals surface area contributed by atoms with Gasteiger partial charge in [-0.15, -0.1) is 0 Å². The van der Waals surface area contributed by atoms with E-state index in [1.807, 2.05) is 12.2 Å². The van der Waals surface area contributed by atoms with E-state index in [4.69, 9.17) is 29.6 Å². The number of pyridine rings is 1. The van der Waals surface area contributed by atoms with Crippen molar-refractivity contribution < 1.29 is 13.2 Å². The Kier molecular flexibility index (Phi) is 4.14. The summed E-state index contributed by atoms with van der Waals surface area (Å²) in [7, 11) is 0. The van der Waals surface area contributed by atoms with Gasteiger partial charge < -0.3 is 5.73 Å². The largest absolute Gasteiger partial charge is 0.401 e. The van der Waals surface area contributed by atoms with Crippen molar-refractivity contribution in [2.45, 2.75) is 36.5 Å². The quantitative estimate of drug-likeness (QED) is 0.663. The zero-order valence-corrected chi connectivity index (χ0v) is 13.6. The highest BCUT2D eigenvalue weighted by molar-refractivity contribution is 7.80. The van der Waals surface area contributed by atoms with Gasteiger partial charge in [0.15, 0.2) is 0 Å². The fraction of sp³-hybridized carbons (Fsp3) is 0.467. The Bertz CT molecular complexity index is 646. The van der Waals surface area contributed by atoms with Crippen LogP contribution in [0.1, 0.15) is 18.4 Å². The van der Waals surface area contributed by atoms with Crippen LogP contribution in [0.25, 0.3) is 0 Å². The van der Waals surface area contributed by atoms with Crippen LogP contribution >= 0.6 is 23.8 Å². The molecule has 1 unspecified atom stereocenters. The first kappa shape index (κ1) is 16.7. The summed E-state index contributed by atoms with van der Waals surface area (Å²) in [6, 6.07) is 1.04. The fourth-order valence-electron chi connectivity index (χ4n) is 3.59. The Morgan fingerprint density at radius 1 is 1.35 bits per heavy atom. The van der Waals surface area contributed by atoms with E-state index in [0.717, 1.165) is 5.56 Å². The third-order valence-electron chi connectivity index (χ3n) is 4.61. The van der Waals surface area contributed by atoms with Gasteiger partial charge in [-0.2, -0.15) is 13.2 Å². The number of halogens is 4. The van der Waals surface area contributed by atoms with Gasteiger partial charge in [-0.05, 0) is 24.5 Å². The first-order chi connectivity index (χ1) is 10.7. The molecule has 1 saturated heterocycles. The second kappa shape index (κ2) is 5.72. The summed E-state index contributed by atoms with van der Waals surface area (Å²) < 4.78 is 38.4. The van der Waals surface area contributed by atoms with Crippen LogP contribution in [0.4, 0.5) is 13.2 Å². The van der Waals surface area contributed by atoms with Gasteiger partial charge in [0.05, 0.1) is 22.0 Å². The molecular formula is C15H15ClF3N3S. The highest BCUT2D eigenvalue weighted by Gasteiger charge is 2.51. The molecule has 3 heterocycles. The van der Waals surface area contributed by atoms with Gasteiger partial charge >= 0.3 is 6.18 Å². The molecule has 124 valence electrons. The average molecular weight is 362 g/mol. The Hall–Kier alpha value is -1.18. The minimum Gasteiger partial charge on any atom is -0.393 e. The van der Waals surface area contributed by atoms with Gasteiger partial charge in [-0.1, -0.05) is 36.0 Å². The number of aromatic nitrogens is 1. The molecule has 23 heavy (non-hydrogen) atoms. The molecule has 3 nitrogen and oxygen atoms in total. The maximum atomic E-state index is 12.8. The average Bonchev–Trinajstić information content (AvgIpc) is 2.69. The van der Waals surface area contributed by atoms with E-state index < -0.39 is 18.1 Å². The van der Waals surface area contributed by atoms with E-state index >= 15 is 0 Å². The first-order valence-corrected chi connectivity index (χ1v) is 7.92. The molecule has 2 bridgehead atoms. The van der Waals surface area contributed by atoms with Crippen molar-refractivity contribution in [3.8, 4) is 0 Å². The number of hydrogen-bond acceptors (Lipinski definition) is 3. The molecule has 1 aromatic rings. The summed E-state index contributed by atoms with van der Waals surface area (Å²) in [4.78, 5) is 5.80. The molecule has 2 N–H and O–H groups in total. The maximum absolute atomic E-state index is 12.8. The molecule has 1 fully saturated rings. The summed E-state index contributed by atoms with van der Waals surface area (Å²) in [5, 5.41) is 0.455. The third kappa shape index (κ3) is 3.09. The van der Waals surface area contributed by atoms with E-state index in [0.29, 0.717) is 17.9 Å². The van der Waals surface area contributed by atoms with Gasteiger partial charge in [-0.3, -0.25) is 9.88 Å². The molecule has 2 aliphatic rings. The Balaban J connectivity index is 1.94. The molecule has 0 amide bonds. The Labute approximate surface area is 142 Å². The van der Waals surface area contributed by atoms with Crippen molar-refractivity contribution in [2.24, 2.45) is 5.73 Å². The number of rotatable bonds is 3. The van der Waals surface area contributed by atoms with Crippen molar-refractivity contribution in [3.05, 3.63) is 41.2 Å². The lowest BCUT2D eigenvalue weighted by molar-refractivity contribution is -0.154. The lowest BCUT2D eigenvalue weighted by Gasteiger charge is -2.46. The van der Waals surface area contributed by atoms with Crippen LogP contribution in [-0.2, 0) is 5.41 Å². The van der Waals surface area contributed by atoms with Gasteiger partial charge in [0.25, 0.3) is 0 Å². The summed E-state index contributed by atoms with van der Waals surface area (Å²) in [6.07, 6.45) is 3.33. The molecular weight excluding hydrogens is 347 g/mol. The molecule has 1 aromatic heterocycles. The monoisotopic (exact) mass is 361 g/mol. The summed E-state index contributed by atoms with van der Waals surface area (Å²) in [5.41, 5.74) is 6.08. The van der Waals surface area contributed by atoms with Gasteiger partial charge in [0.2, 0.25) is 0 Å². The summed E-state index contributed by atoms with van der Waals surface area (Å²) in [5.74, 6) is 0. The van der Waals surface area contributed by atoms with E-state index in [2.05, 4.69) is 4.98 Å². The third-order valence-corrected chi connectivity index (χ3v) is 5.21. The molecule has 0 aromatic carbocycles. The zero-order valence-electron chi connectivity index (χ0n) is 12.1. The topological polar surface area (TPSA) is 42.1 Å². The van der Waals surface area contributed by atoms with Crippen LogP contribution in [0.5, 0.6) is 0 Å². The van der Waals surface area contributed by atoms with Gasteiger partial charge in [0.1, 0.15) is 0 Å². The Morgan fingerprint density at radius 2 is 1.96 bits per heavy atom. The number of alkyl halides is 3. The highest BCUT2D eigenvalue weighted by atomic mass is 35.5. The predicted octanol–water partition coefficient (Wildman–Crippen LogP) is 3.22. The minimum absolute atomic E-state index is 0.270. The van der Waals surface area contributed by atoms with E-state index in [1.165, 1.54) is 11.1 Å². The van der Waals surface area contributed by atoms with Crippen LogP contribution in [0.2, 0.25) is 5.02 Å². The van der Waals surface area contributed by atoms with Crippen molar-refractivity contribution >= 4 is 28.8 Å². The van der Waals surface area contributed by atoms with Crippen LogP contribution in [0.15, 0.2) is 30.6 Å². The summed E-state index contributed by atoms with van der Waals surface area (Å²) in [6.45, 7) is -0.934. The standard InChI is InChI=1S/C15H15ClF3N3S/c16-10-3-9(6-21-7-10)14(13(20)23)4-11-1-2-12(5-14)22(11)8-15(17,18)19/h1-3,6-7,11-12H,4-5,8H2,(H2,20,23)/t11-,12+,14?. The van der Waals surface area contributed by atoms with Gasteiger partial charge in [-0.25, -0.2) is 0 Å². The summed E-state index contributed by atoms with van der Waals surface area (Å²) >= 11 is 11.3. The molecule has 0 saturated carbocycles. The highest BCUT2D eigenvalue weighted by Crippen LogP contribution is 2.45. The van der Waals surface area contributed by atoms with Crippen molar-refractivity contribution in [1.29, 1.82) is 0 Å². The number of piperidine rings is 1. The molecule has 0 spiro atoms. The molecule has 0 aliphatic carbocycles. The molecule has 3 atom stereocenters. The van der Waals surface area contributed by atoms with Crippen LogP contribution in [0, 0.1) is 0 Å². The van der Waals surface area contributed by atoms with E-state index in [1.54, 1.807) is 12.3 Å². The maximum Gasteiger partial charge on any atom is 0.401 e. The van der Waals surface area contributed by atoms with Crippen LogP contribution < -0.4 is 5.73 Å². The van der Waals surface area contributed by atoms with Gasteiger partial charge in [0, 0.05) is 24.5 Å². The van der Waals surface area contributed by atoms with E-state index in [-0.39, 0.29) is 17.1 Å². The van der Waals surface area contributed by atoms with Crippen LogP contribution in [-0.4, -0.2) is 39.7 Å². The lowest BCUT2D eigenvalue weighted by atomic mass is 9.70. The Morgan fingerprint density at radius 3 is 2.43 bits per heavy atom. The second-order valence-electron chi connectivity index (χ2n) is 6.05. The number of hydrogen-bond donors (Lipinski definition) is 1. The number of thiocarbonyl (C=S) groups is 1. The smallest absolute Gasteiger partial charge is 0.393 e. The van der Waals surface area contributed by atoms with Crippen molar-refractivity contribution in [3.63, 3.8) is 0 Å². The molecule has 2 aliphatic heterocycles. The zero-order chi connectivity index (χ0) is 16.8. The second-order valence-corrected chi connectivity index (χ2v) is 6.93. The molecule has 3 rings (SSSR count). The number of nitrogens with zero attached hydrogens (tertiary/aromatic N) is 2. The predicted molar refractivity (Wildman–Crippen MR) is 86.4 cm³/mol. The van der Waals surface area contributed by atoms with E-state index in [9.17, 15) is 13.2 Å². The molecule has 8 heteroatoms. The molecule has 0 radical (unpaired) electrons. The normalized spacial score (nSPS) is 30.6. The SMILES string of the molecule is NC(=S)C1(c2cncc(Cl)c2)C[C@H]2C=C[C@@H](C1)N2CC(F)(F)F. The number of fused-ring (bicyclic) bond motifs is 2. The minimum atomic E-state index is -4.23. The fourth-order valence-corrected chi connectivity index (χ4v) is 4.04. The lowest BCUT2D eigenvalue weighted by Crippen LogP contribution is -2.56.